The molecule has 0 heterocycles. The van der Waals surface area contributed by atoms with E-state index < -0.39 is 5.82 Å². The van der Waals surface area contributed by atoms with Gasteiger partial charge >= 0.3 is 0 Å². The lowest BCUT2D eigenvalue weighted by atomic mass is 10.1. The molecule has 7 heteroatoms. The summed E-state index contributed by atoms with van der Waals surface area (Å²) in [5, 5.41) is 12.2. The molecule has 25 heavy (non-hydrogen) atoms. The summed E-state index contributed by atoms with van der Waals surface area (Å²) in [6, 6.07) is 9.84. The highest BCUT2D eigenvalue weighted by molar-refractivity contribution is 5.77. The number of nitrogens with zero attached hydrogens (tertiary/aromatic N) is 1. The van der Waals surface area contributed by atoms with Crippen LogP contribution in [0.1, 0.15) is 11.1 Å². The van der Waals surface area contributed by atoms with Crippen molar-refractivity contribution in [1.29, 1.82) is 0 Å². The van der Waals surface area contributed by atoms with Gasteiger partial charge in [-0.3, -0.25) is 0 Å². The fourth-order valence-electron chi connectivity index (χ4n) is 2.25. The van der Waals surface area contributed by atoms with Crippen LogP contribution in [0.15, 0.2) is 41.4 Å². The SMILES string of the molecule is COc1ccc(CCNC(N)=NCc2ccc(O)c(F)c2)cc1OC. The Labute approximate surface area is 146 Å². The zero-order valence-electron chi connectivity index (χ0n) is 14.3. The van der Waals surface area contributed by atoms with Crippen LogP contribution >= 0.6 is 0 Å². The highest BCUT2D eigenvalue weighted by Gasteiger charge is 2.05. The van der Waals surface area contributed by atoms with Crippen molar-refractivity contribution < 1.29 is 19.0 Å². The fraction of sp³-hybridized carbons (Fsp3) is 0.278. The van der Waals surface area contributed by atoms with Gasteiger partial charge in [0.1, 0.15) is 0 Å². The summed E-state index contributed by atoms with van der Waals surface area (Å²) >= 11 is 0. The number of halogens is 1. The molecule has 0 fully saturated rings. The lowest BCUT2D eigenvalue weighted by Crippen LogP contribution is -2.33. The second-order valence-corrected chi connectivity index (χ2v) is 5.35. The Hall–Kier alpha value is -2.96. The molecule has 0 aromatic heterocycles. The maximum Gasteiger partial charge on any atom is 0.188 e. The van der Waals surface area contributed by atoms with Crippen molar-refractivity contribution in [2.45, 2.75) is 13.0 Å². The van der Waals surface area contributed by atoms with E-state index in [1.807, 2.05) is 18.2 Å². The molecule has 2 aromatic carbocycles. The summed E-state index contributed by atoms with van der Waals surface area (Å²) in [5.41, 5.74) is 7.50. The van der Waals surface area contributed by atoms with E-state index in [0.29, 0.717) is 23.6 Å². The van der Waals surface area contributed by atoms with Crippen LogP contribution in [0.5, 0.6) is 17.2 Å². The minimum absolute atomic E-state index is 0.229. The molecule has 0 saturated carbocycles. The first-order valence-electron chi connectivity index (χ1n) is 7.75. The van der Waals surface area contributed by atoms with Gasteiger partial charge < -0.3 is 25.6 Å². The first-order chi connectivity index (χ1) is 12.0. The summed E-state index contributed by atoms with van der Waals surface area (Å²) in [6.45, 7) is 0.821. The lowest BCUT2D eigenvalue weighted by molar-refractivity contribution is 0.354. The third-order valence-corrected chi connectivity index (χ3v) is 3.61. The molecule has 0 saturated heterocycles. The summed E-state index contributed by atoms with van der Waals surface area (Å²) in [6.07, 6.45) is 0.727. The van der Waals surface area contributed by atoms with Crippen molar-refractivity contribution in [2.24, 2.45) is 10.7 Å². The minimum Gasteiger partial charge on any atom is -0.505 e. The number of nitrogens with two attached hydrogens (primary N) is 1. The topological polar surface area (TPSA) is 89.1 Å². The Morgan fingerprint density at radius 3 is 2.52 bits per heavy atom. The number of ether oxygens (including phenoxy) is 2. The molecule has 0 unspecified atom stereocenters. The minimum atomic E-state index is -0.673. The number of hydrogen-bond donors (Lipinski definition) is 3. The van der Waals surface area contributed by atoms with Crippen LogP contribution in [-0.4, -0.2) is 31.8 Å². The Bertz CT molecular complexity index is 750. The number of nitrogens with one attached hydrogen (secondary N) is 1. The normalized spacial score (nSPS) is 11.2. The first-order valence-corrected chi connectivity index (χ1v) is 7.75. The van der Waals surface area contributed by atoms with Gasteiger partial charge in [0.05, 0.1) is 20.8 Å². The number of methoxy groups -OCH3 is 2. The maximum atomic E-state index is 13.2. The van der Waals surface area contributed by atoms with Crippen LogP contribution in [0.25, 0.3) is 0 Å². The highest BCUT2D eigenvalue weighted by atomic mass is 19.1. The largest absolute Gasteiger partial charge is 0.505 e. The average Bonchev–Trinajstić information content (AvgIpc) is 2.62. The number of aromatic hydroxyl groups is 1. The third-order valence-electron chi connectivity index (χ3n) is 3.61. The molecule has 0 amide bonds. The Kier molecular flexibility index (Phi) is 6.45. The fourth-order valence-corrected chi connectivity index (χ4v) is 2.25. The average molecular weight is 347 g/mol. The molecule has 4 N–H and O–H groups in total. The van der Waals surface area contributed by atoms with Crippen LogP contribution in [0.2, 0.25) is 0 Å². The Morgan fingerprint density at radius 2 is 1.84 bits per heavy atom. The third kappa shape index (κ3) is 5.27. The molecular formula is C18H22FN3O3. The number of benzene rings is 2. The van der Waals surface area contributed by atoms with Crippen molar-refractivity contribution >= 4 is 5.96 Å². The van der Waals surface area contributed by atoms with E-state index in [9.17, 15) is 4.39 Å². The zero-order valence-corrected chi connectivity index (χ0v) is 14.3. The van der Waals surface area contributed by atoms with Crippen molar-refractivity contribution in [1.82, 2.24) is 5.32 Å². The van der Waals surface area contributed by atoms with Gasteiger partial charge in [-0.15, -0.1) is 0 Å². The van der Waals surface area contributed by atoms with Crippen molar-refractivity contribution in [3.05, 3.63) is 53.3 Å². The summed E-state index contributed by atoms with van der Waals surface area (Å²) in [7, 11) is 3.19. The van der Waals surface area contributed by atoms with E-state index in [1.165, 1.54) is 12.1 Å². The number of phenolic OH excluding ortho intramolecular Hbond substituents is 1. The van der Waals surface area contributed by atoms with Gasteiger partial charge in [0.2, 0.25) is 0 Å². The van der Waals surface area contributed by atoms with Crippen molar-refractivity contribution in [3.8, 4) is 17.2 Å². The van der Waals surface area contributed by atoms with Gasteiger partial charge in [-0.2, -0.15) is 0 Å². The molecular weight excluding hydrogens is 325 g/mol. The van der Waals surface area contributed by atoms with E-state index in [0.717, 1.165) is 12.0 Å². The Balaban J connectivity index is 1.85. The molecule has 0 aliphatic rings. The highest BCUT2D eigenvalue weighted by Crippen LogP contribution is 2.27. The molecule has 134 valence electrons. The van der Waals surface area contributed by atoms with Crippen molar-refractivity contribution in [3.63, 3.8) is 0 Å². The molecule has 0 aliphatic heterocycles. The Morgan fingerprint density at radius 1 is 1.12 bits per heavy atom. The summed E-state index contributed by atoms with van der Waals surface area (Å²) in [5.74, 6) is 0.577. The predicted molar refractivity (Wildman–Crippen MR) is 94.6 cm³/mol. The molecule has 6 nitrogen and oxygen atoms in total. The van der Waals surface area contributed by atoms with Crippen LogP contribution < -0.4 is 20.5 Å². The number of phenols is 1. The molecule has 0 bridgehead atoms. The number of rotatable bonds is 7. The van der Waals surface area contributed by atoms with E-state index in [-0.39, 0.29) is 18.3 Å². The van der Waals surface area contributed by atoms with E-state index in [2.05, 4.69) is 10.3 Å². The van der Waals surface area contributed by atoms with Crippen LogP contribution in [0.4, 0.5) is 4.39 Å². The molecule has 2 aromatic rings. The van der Waals surface area contributed by atoms with Gasteiger partial charge in [0.15, 0.2) is 29.0 Å². The lowest BCUT2D eigenvalue weighted by Gasteiger charge is -2.10. The number of hydrogen-bond acceptors (Lipinski definition) is 4. The second kappa shape index (κ2) is 8.77. The number of guanidine groups is 1. The van der Waals surface area contributed by atoms with Crippen LogP contribution in [0.3, 0.4) is 0 Å². The number of aliphatic imine (C=N–C) groups is 1. The molecule has 0 aliphatic carbocycles. The predicted octanol–water partition coefficient (Wildman–Crippen LogP) is 2.20. The van der Waals surface area contributed by atoms with Crippen LogP contribution in [0, 0.1) is 5.82 Å². The van der Waals surface area contributed by atoms with E-state index >= 15 is 0 Å². The first kappa shape index (κ1) is 18.4. The van der Waals surface area contributed by atoms with Crippen LogP contribution in [-0.2, 0) is 13.0 Å². The van der Waals surface area contributed by atoms with Gasteiger partial charge in [-0.1, -0.05) is 12.1 Å². The standard InChI is InChI=1S/C18H22FN3O3/c1-24-16-6-4-12(10-17(16)25-2)7-8-21-18(20)22-11-13-3-5-15(23)14(19)9-13/h3-6,9-10,23H,7-8,11H2,1-2H3,(H3,20,21,22). The molecule has 0 radical (unpaired) electrons. The van der Waals surface area contributed by atoms with Gasteiger partial charge in [-0.25, -0.2) is 9.38 Å². The second-order valence-electron chi connectivity index (χ2n) is 5.35. The van der Waals surface area contributed by atoms with E-state index in [4.69, 9.17) is 20.3 Å². The van der Waals surface area contributed by atoms with Gasteiger partial charge in [0.25, 0.3) is 0 Å². The monoisotopic (exact) mass is 347 g/mol. The smallest absolute Gasteiger partial charge is 0.188 e. The van der Waals surface area contributed by atoms with E-state index in [1.54, 1.807) is 20.3 Å². The summed E-state index contributed by atoms with van der Waals surface area (Å²) < 4.78 is 23.7. The molecule has 0 atom stereocenters. The van der Waals surface area contributed by atoms with Gasteiger partial charge in [0, 0.05) is 6.54 Å². The zero-order chi connectivity index (χ0) is 18.2. The molecule has 2 rings (SSSR count). The summed E-state index contributed by atoms with van der Waals surface area (Å²) in [4.78, 5) is 4.15. The van der Waals surface area contributed by atoms with Gasteiger partial charge in [-0.05, 0) is 41.8 Å². The quantitative estimate of drug-likeness (QED) is 0.528. The molecule has 0 spiro atoms. The maximum absolute atomic E-state index is 13.2. The van der Waals surface area contributed by atoms with Crippen molar-refractivity contribution in [2.75, 3.05) is 20.8 Å².